The van der Waals surface area contributed by atoms with Gasteiger partial charge < -0.3 is 0 Å². The van der Waals surface area contributed by atoms with Crippen molar-refractivity contribution >= 4 is 16.8 Å². The van der Waals surface area contributed by atoms with E-state index in [2.05, 4.69) is 22.7 Å². The van der Waals surface area contributed by atoms with Gasteiger partial charge in [0.15, 0.2) is 0 Å². The number of benzene rings is 2. The van der Waals surface area contributed by atoms with E-state index in [9.17, 15) is 4.39 Å². The molecule has 1 aliphatic heterocycles. The third-order valence-electron chi connectivity index (χ3n) is 3.00. The van der Waals surface area contributed by atoms with Gasteiger partial charge in [-0.25, -0.2) is 4.39 Å². The molecule has 96 valence electrons. The highest BCUT2D eigenvalue weighted by molar-refractivity contribution is 8.14. The van der Waals surface area contributed by atoms with Crippen molar-refractivity contribution in [1.29, 1.82) is 0 Å². The van der Waals surface area contributed by atoms with Crippen LogP contribution in [-0.4, -0.2) is 5.04 Å². The van der Waals surface area contributed by atoms with Gasteiger partial charge in [-0.15, -0.1) is 0 Å². The Morgan fingerprint density at radius 1 is 1.11 bits per heavy atom. The average molecular weight is 272 g/mol. The van der Waals surface area contributed by atoms with Crippen LogP contribution < -0.4 is 5.43 Å². The molecule has 2 aromatic rings. The predicted octanol–water partition coefficient (Wildman–Crippen LogP) is 3.83. The summed E-state index contributed by atoms with van der Waals surface area (Å²) >= 11 is 1.54. The SMILES string of the molecule is Cc1ccc(C2=NN[C@@H](c3ccccc3F)S2)cc1. The lowest BCUT2D eigenvalue weighted by molar-refractivity contribution is 0.593. The largest absolute Gasteiger partial charge is 0.291 e. The molecule has 1 N–H and O–H groups in total. The van der Waals surface area contributed by atoms with Crippen molar-refractivity contribution in [2.45, 2.75) is 12.3 Å². The number of aryl methyl sites for hydroxylation is 1. The Balaban J connectivity index is 1.80. The van der Waals surface area contributed by atoms with Crippen molar-refractivity contribution < 1.29 is 4.39 Å². The van der Waals surface area contributed by atoms with Gasteiger partial charge in [-0.2, -0.15) is 5.10 Å². The molecule has 3 rings (SSSR count). The third-order valence-corrected chi connectivity index (χ3v) is 4.14. The van der Waals surface area contributed by atoms with E-state index in [0.717, 1.165) is 10.6 Å². The molecule has 1 heterocycles. The number of nitrogens with zero attached hydrogens (tertiary/aromatic N) is 1. The third kappa shape index (κ3) is 2.49. The maximum atomic E-state index is 13.7. The van der Waals surface area contributed by atoms with E-state index in [1.54, 1.807) is 12.1 Å². The van der Waals surface area contributed by atoms with Crippen LogP contribution in [-0.2, 0) is 0 Å². The summed E-state index contributed by atoms with van der Waals surface area (Å²) in [6.45, 7) is 2.05. The molecule has 2 aromatic carbocycles. The molecular weight excluding hydrogens is 259 g/mol. The fourth-order valence-electron chi connectivity index (χ4n) is 1.93. The Kier molecular flexibility index (Phi) is 3.25. The Hall–Kier alpha value is -1.81. The molecular formula is C15H13FN2S. The van der Waals surface area contributed by atoms with Crippen LogP contribution >= 0.6 is 11.8 Å². The fraction of sp³-hybridized carbons (Fsp3) is 0.133. The summed E-state index contributed by atoms with van der Waals surface area (Å²) in [5.74, 6) is -0.201. The van der Waals surface area contributed by atoms with Crippen molar-refractivity contribution in [2.75, 3.05) is 0 Å². The summed E-state index contributed by atoms with van der Waals surface area (Å²) in [5.41, 5.74) is 5.90. The van der Waals surface area contributed by atoms with Crippen LogP contribution in [0.2, 0.25) is 0 Å². The molecule has 2 nitrogen and oxygen atoms in total. The summed E-state index contributed by atoms with van der Waals surface area (Å²) < 4.78 is 13.7. The maximum absolute atomic E-state index is 13.7. The van der Waals surface area contributed by atoms with Crippen molar-refractivity contribution in [2.24, 2.45) is 5.10 Å². The van der Waals surface area contributed by atoms with Crippen molar-refractivity contribution in [3.05, 3.63) is 71.0 Å². The topological polar surface area (TPSA) is 24.4 Å². The van der Waals surface area contributed by atoms with E-state index < -0.39 is 0 Å². The van der Waals surface area contributed by atoms with Crippen molar-refractivity contribution in [1.82, 2.24) is 5.43 Å². The lowest BCUT2D eigenvalue weighted by Crippen LogP contribution is -2.08. The van der Waals surface area contributed by atoms with Gasteiger partial charge in [0.25, 0.3) is 0 Å². The molecule has 0 saturated carbocycles. The molecule has 0 amide bonds. The van der Waals surface area contributed by atoms with Gasteiger partial charge in [-0.05, 0) is 13.0 Å². The minimum absolute atomic E-state index is 0.155. The molecule has 0 saturated heterocycles. The van der Waals surface area contributed by atoms with Gasteiger partial charge in [-0.3, -0.25) is 5.43 Å². The van der Waals surface area contributed by atoms with Crippen LogP contribution in [0.5, 0.6) is 0 Å². The summed E-state index contributed by atoms with van der Waals surface area (Å²) in [4.78, 5) is 0. The van der Waals surface area contributed by atoms with Gasteiger partial charge in [0, 0.05) is 11.1 Å². The van der Waals surface area contributed by atoms with Crippen molar-refractivity contribution in [3.8, 4) is 0 Å². The van der Waals surface area contributed by atoms with Crippen LogP contribution in [0, 0.1) is 12.7 Å². The van der Waals surface area contributed by atoms with Crippen LogP contribution in [0.3, 0.4) is 0 Å². The van der Waals surface area contributed by atoms with E-state index in [-0.39, 0.29) is 11.2 Å². The van der Waals surface area contributed by atoms with Gasteiger partial charge in [0.2, 0.25) is 0 Å². The molecule has 0 aliphatic carbocycles. The first-order valence-electron chi connectivity index (χ1n) is 6.05. The summed E-state index contributed by atoms with van der Waals surface area (Å²) in [6, 6.07) is 15.0. The number of hydrogen-bond donors (Lipinski definition) is 1. The number of thioether (sulfide) groups is 1. The zero-order valence-electron chi connectivity index (χ0n) is 10.4. The van der Waals surface area contributed by atoms with Crippen LogP contribution in [0.1, 0.15) is 22.1 Å². The number of hydrazone groups is 1. The zero-order valence-corrected chi connectivity index (χ0v) is 11.2. The Morgan fingerprint density at radius 3 is 2.58 bits per heavy atom. The first-order chi connectivity index (χ1) is 9.24. The first kappa shape index (κ1) is 12.2. The number of halogens is 1. The minimum Gasteiger partial charge on any atom is -0.291 e. The van der Waals surface area contributed by atoms with Crippen LogP contribution in [0.4, 0.5) is 4.39 Å². The molecule has 0 radical (unpaired) electrons. The molecule has 0 bridgehead atoms. The number of rotatable bonds is 2. The lowest BCUT2D eigenvalue weighted by Gasteiger charge is -2.10. The molecule has 1 atom stereocenters. The zero-order chi connectivity index (χ0) is 13.2. The fourth-order valence-corrected chi connectivity index (χ4v) is 2.96. The molecule has 0 spiro atoms. The van der Waals surface area contributed by atoms with E-state index in [1.165, 1.54) is 23.4 Å². The Morgan fingerprint density at radius 2 is 1.84 bits per heavy atom. The van der Waals surface area contributed by atoms with Crippen molar-refractivity contribution in [3.63, 3.8) is 0 Å². The molecule has 0 fully saturated rings. The monoisotopic (exact) mass is 272 g/mol. The Bertz CT molecular complexity index is 622. The molecule has 1 aliphatic rings. The number of nitrogens with one attached hydrogen (secondary N) is 1. The molecule has 4 heteroatoms. The molecule has 0 unspecified atom stereocenters. The van der Waals surface area contributed by atoms with E-state index in [1.807, 2.05) is 25.1 Å². The number of hydrogen-bond acceptors (Lipinski definition) is 3. The Labute approximate surface area is 115 Å². The highest BCUT2D eigenvalue weighted by Crippen LogP contribution is 2.35. The quantitative estimate of drug-likeness (QED) is 0.898. The smallest absolute Gasteiger partial charge is 0.129 e. The van der Waals surface area contributed by atoms with Crippen LogP contribution in [0.25, 0.3) is 0 Å². The van der Waals surface area contributed by atoms with Gasteiger partial charge in [0.1, 0.15) is 16.2 Å². The summed E-state index contributed by atoms with van der Waals surface area (Å²) in [7, 11) is 0. The molecule has 19 heavy (non-hydrogen) atoms. The summed E-state index contributed by atoms with van der Waals surface area (Å²) in [6.07, 6.45) is 0. The van der Waals surface area contributed by atoms with Crippen LogP contribution in [0.15, 0.2) is 53.6 Å². The summed E-state index contributed by atoms with van der Waals surface area (Å²) in [5, 5.41) is 5.04. The predicted molar refractivity (Wildman–Crippen MR) is 77.6 cm³/mol. The van der Waals surface area contributed by atoms with Gasteiger partial charge >= 0.3 is 0 Å². The highest BCUT2D eigenvalue weighted by atomic mass is 32.2. The second-order valence-electron chi connectivity index (χ2n) is 4.43. The average Bonchev–Trinajstić information content (AvgIpc) is 2.89. The van der Waals surface area contributed by atoms with E-state index in [0.29, 0.717) is 5.56 Å². The lowest BCUT2D eigenvalue weighted by atomic mass is 10.2. The maximum Gasteiger partial charge on any atom is 0.129 e. The normalized spacial score (nSPS) is 18.0. The minimum atomic E-state index is -0.201. The standard InChI is InChI=1S/C15H13FN2S/c1-10-6-8-11(9-7-10)14-17-18-15(19-14)12-4-2-3-5-13(12)16/h2-9,15,18H,1H3/t15-/m1/s1. The second-order valence-corrected chi connectivity index (χ2v) is 5.53. The first-order valence-corrected chi connectivity index (χ1v) is 6.93. The second kappa shape index (κ2) is 5.05. The highest BCUT2D eigenvalue weighted by Gasteiger charge is 2.24. The van der Waals surface area contributed by atoms with E-state index in [4.69, 9.17) is 0 Å². The van der Waals surface area contributed by atoms with Gasteiger partial charge in [-0.1, -0.05) is 59.8 Å². The molecule has 0 aromatic heterocycles. The van der Waals surface area contributed by atoms with Gasteiger partial charge in [0.05, 0.1) is 0 Å². The van der Waals surface area contributed by atoms with E-state index >= 15 is 0 Å².